The third-order valence-corrected chi connectivity index (χ3v) is 6.76. The van der Waals surface area contributed by atoms with Gasteiger partial charge in [-0.3, -0.25) is 9.69 Å². The van der Waals surface area contributed by atoms with Gasteiger partial charge >= 0.3 is 4.87 Å². The average Bonchev–Trinajstić information content (AvgIpc) is 3.13. The van der Waals surface area contributed by atoms with E-state index in [4.69, 9.17) is 4.98 Å². The lowest BCUT2D eigenvalue weighted by Gasteiger charge is -2.23. The maximum atomic E-state index is 11.6. The van der Waals surface area contributed by atoms with Crippen LogP contribution in [0, 0.1) is 0 Å². The zero-order valence-corrected chi connectivity index (χ0v) is 18.0. The molecule has 1 aliphatic carbocycles. The Morgan fingerprint density at radius 3 is 3.00 bits per heavy atom. The van der Waals surface area contributed by atoms with Crippen molar-refractivity contribution >= 4 is 41.3 Å². The highest BCUT2D eigenvalue weighted by molar-refractivity contribution is 7.07. The number of aromatic nitrogens is 4. The summed E-state index contributed by atoms with van der Waals surface area (Å²) in [7, 11) is 0. The van der Waals surface area contributed by atoms with Crippen molar-refractivity contribution in [1.29, 1.82) is 0 Å². The summed E-state index contributed by atoms with van der Waals surface area (Å²) < 4.78 is 2.65. The fourth-order valence-electron chi connectivity index (χ4n) is 4.11. The van der Waals surface area contributed by atoms with Gasteiger partial charge in [-0.2, -0.15) is 9.61 Å². The first-order valence-corrected chi connectivity index (χ1v) is 11.5. The van der Waals surface area contributed by atoms with Crippen molar-refractivity contribution in [1.82, 2.24) is 24.5 Å². The summed E-state index contributed by atoms with van der Waals surface area (Å²) in [5, 5.41) is 12.3. The number of aromatic amines is 1. The van der Waals surface area contributed by atoms with Gasteiger partial charge < -0.3 is 15.6 Å². The molecule has 3 aromatic heterocycles. The standard InChI is InChI=1S/C21H27N7OS/c1-3-27-8-4-5-16(27)12-22-18-10-19(25-15-6-7-15)28-20(26-18)14(11-23-28)9-17-13(2)24-21(29)30-17/h9-11,15-16,25H,2-8,12H2,1H3,(H,22,26)(H,24,29)/b17-9-. The Kier molecular flexibility index (Phi) is 5.08. The Morgan fingerprint density at radius 1 is 1.40 bits per heavy atom. The first-order valence-electron chi connectivity index (χ1n) is 10.6. The van der Waals surface area contributed by atoms with Gasteiger partial charge in [0.05, 0.1) is 16.1 Å². The number of hydrogen-bond donors (Lipinski definition) is 3. The predicted octanol–water partition coefficient (Wildman–Crippen LogP) is 1.19. The Labute approximate surface area is 178 Å². The Balaban J connectivity index is 1.51. The molecule has 2 fully saturated rings. The monoisotopic (exact) mass is 425 g/mol. The van der Waals surface area contributed by atoms with Gasteiger partial charge in [0.1, 0.15) is 11.6 Å². The second-order valence-corrected chi connectivity index (χ2v) is 9.10. The Hall–Kier alpha value is -2.65. The van der Waals surface area contributed by atoms with Gasteiger partial charge in [0.25, 0.3) is 0 Å². The molecule has 1 atom stereocenters. The molecule has 4 heterocycles. The maximum Gasteiger partial charge on any atom is 0.305 e. The van der Waals surface area contributed by atoms with Gasteiger partial charge in [0.2, 0.25) is 0 Å². The van der Waals surface area contributed by atoms with Crippen LogP contribution in [0.2, 0.25) is 0 Å². The number of rotatable bonds is 7. The van der Waals surface area contributed by atoms with Gasteiger partial charge in [-0.15, -0.1) is 0 Å². The number of fused-ring (bicyclic) bond motifs is 1. The molecule has 3 N–H and O–H groups in total. The number of anilines is 2. The van der Waals surface area contributed by atoms with Gasteiger partial charge in [-0.1, -0.05) is 24.8 Å². The lowest BCUT2D eigenvalue weighted by molar-refractivity contribution is 0.277. The molecule has 0 bridgehead atoms. The first-order chi connectivity index (χ1) is 14.6. The summed E-state index contributed by atoms with van der Waals surface area (Å²) in [6.45, 7) is 9.29. The van der Waals surface area contributed by atoms with Crippen molar-refractivity contribution in [2.24, 2.45) is 0 Å². The van der Waals surface area contributed by atoms with Crippen LogP contribution in [0.25, 0.3) is 18.3 Å². The van der Waals surface area contributed by atoms with Crippen molar-refractivity contribution in [3.63, 3.8) is 0 Å². The lowest BCUT2D eigenvalue weighted by atomic mass is 10.2. The fourth-order valence-corrected chi connectivity index (χ4v) is 4.84. The van der Waals surface area contributed by atoms with Crippen molar-refractivity contribution < 1.29 is 0 Å². The third-order valence-electron chi connectivity index (χ3n) is 5.89. The van der Waals surface area contributed by atoms with Gasteiger partial charge in [-0.25, -0.2) is 4.98 Å². The molecule has 2 aliphatic rings. The number of hydrogen-bond acceptors (Lipinski definition) is 7. The zero-order chi connectivity index (χ0) is 20.7. The van der Waals surface area contributed by atoms with Crippen LogP contribution < -0.4 is 25.4 Å². The number of H-pyrrole nitrogens is 1. The smallest absolute Gasteiger partial charge is 0.305 e. The molecule has 0 amide bonds. The third kappa shape index (κ3) is 3.87. The number of likely N-dealkylation sites (tertiary alicyclic amines) is 1. The first kappa shape index (κ1) is 19.3. The van der Waals surface area contributed by atoms with E-state index in [2.05, 4.69) is 45.2 Å². The molecule has 1 unspecified atom stereocenters. The molecule has 30 heavy (non-hydrogen) atoms. The summed E-state index contributed by atoms with van der Waals surface area (Å²) in [6, 6.07) is 3.11. The van der Waals surface area contributed by atoms with Gasteiger partial charge in [-0.05, 0) is 44.8 Å². The number of nitrogens with zero attached hydrogens (tertiary/aromatic N) is 4. The van der Waals surface area contributed by atoms with Crippen LogP contribution >= 0.6 is 11.3 Å². The van der Waals surface area contributed by atoms with Crippen LogP contribution in [0.1, 0.15) is 38.2 Å². The van der Waals surface area contributed by atoms with E-state index in [-0.39, 0.29) is 4.87 Å². The van der Waals surface area contributed by atoms with Crippen molar-refractivity contribution in [2.45, 2.75) is 44.7 Å². The van der Waals surface area contributed by atoms with Crippen molar-refractivity contribution in [2.75, 3.05) is 30.3 Å². The normalized spacial score (nSPS) is 20.3. The molecule has 158 valence electrons. The van der Waals surface area contributed by atoms with E-state index >= 15 is 0 Å². The minimum atomic E-state index is -0.105. The molecule has 0 radical (unpaired) electrons. The highest BCUT2D eigenvalue weighted by Gasteiger charge is 2.24. The average molecular weight is 426 g/mol. The van der Waals surface area contributed by atoms with Crippen molar-refractivity contribution in [3.8, 4) is 0 Å². The minimum absolute atomic E-state index is 0.105. The molecule has 8 nitrogen and oxygen atoms in total. The number of nitrogens with one attached hydrogen (secondary N) is 3. The summed E-state index contributed by atoms with van der Waals surface area (Å²) in [5.41, 5.74) is 1.64. The fraction of sp³-hybridized carbons (Fsp3) is 0.476. The van der Waals surface area contributed by atoms with Crippen LogP contribution in [-0.2, 0) is 0 Å². The molecular weight excluding hydrogens is 398 g/mol. The van der Waals surface area contributed by atoms with Gasteiger partial charge in [0, 0.05) is 30.3 Å². The van der Waals surface area contributed by atoms with E-state index in [1.54, 1.807) is 6.20 Å². The molecule has 3 aromatic rings. The largest absolute Gasteiger partial charge is 0.368 e. The Morgan fingerprint density at radius 2 is 2.27 bits per heavy atom. The van der Waals surface area contributed by atoms with E-state index in [1.165, 1.54) is 32.2 Å². The maximum absolute atomic E-state index is 11.6. The SMILES string of the molecule is C=c1[nH]c(=O)s/c1=C\c1cnn2c(NC3CC3)cc(NCC3CCCN3CC)nc12. The Bertz CT molecular complexity index is 1220. The molecule has 0 spiro atoms. The van der Waals surface area contributed by atoms with Crippen LogP contribution in [0.4, 0.5) is 11.6 Å². The second-order valence-electron chi connectivity index (χ2n) is 8.09. The highest BCUT2D eigenvalue weighted by Crippen LogP contribution is 2.27. The van der Waals surface area contributed by atoms with E-state index in [9.17, 15) is 4.79 Å². The highest BCUT2D eigenvalue weighted by atomic mass is 32.1. The van der Waals surface area contributed by atoms with Crippen LogP contribution in [0.3, 0.4) is 0 Å². The molecule has 1 aliphatic heterocycles. The summed E-state index contributed by atoms with van der Waals surface area (Å²) in [4.78, 5) is 21.7. The van der Waals surface area contributed by atoms with Gasteiger partial charge in [0.15, 0.2) is 5.65 Å². The number of likely N-dealkylation sites (N-methyl/N-ethyl adjacent to an activating group) is 1. The quantitative estimate of drug-likeness (QED) is 0.527. The van der Waals surface area contributed by atoms with E-state index in [1.807, 2.05) is 10.6 Å². The van der Waals surface area contributed by atoms with E-state index in [0.29, 0.717) is 17.4 Å². The summed E-state index contributed by atoms with van der Waals surface area (Å²) in [5.74, 6) is 1.79. The van der Waals surface area contributed by atoms with Crippen LogP contribution in [0.5, 0.6) is 0 Å². The molecule has 1 saturated heterocycles. The zero-order valence-electron chi connectivity index (χ0n) is 17.1. The molecule has 0 aromatic carbocycles. The molecule has 9 heteroatoms. The second kappa shape index (κ2) is 7.88. The summed E-state index contributed by atoms with van der Waals surface area (Å²) in [6.07, 6.45) is 8.58. The van der Waals surface area contributed by atoms with E-state index < -0.39 is 0 Å². The van der Waals surface area contributed by atoms with Crippen LogP contribution in [-0.4, -0.2) is 56.2 Å². The van der Waals surface area contributed by atoms with Crippen molar-refractivity contribution in [3.05, 3.63) is 37.4 Å². The van der Waals surface area contributed by atoms with E-state index in [0.717, 1.165) is 51.8 Å². The predicted molar refractivity (Wildman–Crippen MR) is 122 cm³/mol. The van der Waals surface area contributed by atoms with Crippen LogP contribution in [0.15, 0.2) is 17.1 Å². The minimum Gasteiger partial charge on any atom is -0.368 e. The molecular formula is C21H27N7OS. The molecule has 5 rings (SSSR count). The molecule has 1 saturated carbocycles. The number of thiazole rings is 1. The lowest BCUT2D eigenvalue weighted by Crippen LogP contribution is -2.34. The summed E-state index contributed by atoms with van der Waals surface area (Å²) >= 11 is 1.15. The topological polar surface area (TPSA) is 90.3 Å².